The molecule has 2 saturated heterocycles. The molecule has 4 atom stereocenters. The molecule has 2 aliphatic carbocycles. The minimum atomic E-state index is -2.82. The van der Waals surface area contributed by atoms with Gasteiger partial charge in [-0.3, -0.25) is 0 Å². The third-order valence-electron chi connectivity index (χ3n) is 6.49. The largest absolute Gasteiger partial charge is 0.356 e. The van der Waals surface area contributed by atoms with E-state index in [1.165, 1.54) is 0 Å². The molecule has 7 heteroatoms. The van der Waals surface area contributed by atoms with Gasteiger partial charge in [0.2, 0.25) is 5.95 Å². The molecule has 5 nitrogen and oxygen atoms in total. The number of halogens is 2. The molecule has 0 amide bonds. The summed E-state index contributed by atoms with van der Waals surface area (Å²) >= 11 is 0. The second-order valence-electron chi connectivity index (χ2n) is 8.19. The second kappa shape index (κ2) is 4.89. The average molecular weight is 348 g/mol. The standard InChI is InChI=1S/C18H22F2N4O/c1-9-3-4-24(9)17-21-15-12(6-18(15,19)20)16(22-17)23-7-13-11(5-10(2)25)14(13)8-23/h9,11,13-14H,3-8H2,1-2H3/t9?,11?,13-,14+. The van der Waals surface area contributed by atoms with E-state index in [0.29, 0.717) is 47.5 Å². The van der Waals surface area contributed by atoms with E-state index >= 15 is 0 Å². The molecule has 0 aromatic carbocycles. The number of rotatable bonds is 4. The summed E-state index contributed by atoms with van der Waals surface area (Å²) in [6.45, 7) is 6.19. The molecule has 1 saturated carbocycles. The summed E-state index contributed by atoms with van der Waals surface area (Å²) in [4.78, 5) is 24.4. The van der Waals surface area contributed by atoms with Crippen LogP contribution in [-0.2, 0) is 17.1 Å². The molecule has 0 spiro atoms. The highest BCUT2D eigenvalue weighted by Gasteiger charge is 2.57. The van der Waals surface area contributed by atoms with Gasteiger partial charge < -0.3 is 14.6 Å². The highest BCUT2D eigenvalue weighted by molar-refractivity contribution is 5.76. The van der Waals surface area contributed by atoms with Gasteiger partial charge >= 0.3 is 0 Å². The first kappa shape index (κ1) is 15.5. The number of nitrogens with zero attached hydrogens (tertiary/aromatic N) is 4. The normalized spacial score (nSPS) is 34.1. The Morgan fingerprint density at radius 2 is 2.00 bits per heavy atom. The Morgan fingerprint density at radius 3 is 2.52 bits per heavy atom. The van der Waals surface area contributed by atoms with Gasteiger partial charge in [0.1, 0.15) is 17.3 Å². The molecule has 2 unspecified atom stereocenters. The number of carbonyl (C=O) groups is 1. The van der Waals surface area contributed by atoms with Gasteiger partial charge in [0.05, 0.1) is 0 Å². The number of fused-ring (bicyclic) bond motifs is 2. The third-order valence-corrected chi connectivity index (χ3v) is 6.49. The minimum absolute atomic E-state index is 0.0764. The van der Waals surface area contributed by atoms with E-state index in [0.717, 1.165) is 26.1 Å². The molecular formula is C18H22F2N4O. The summed E-state index contributed by atoms with van der Waals surface area (Å²) in [5.74, 6) is 0.0911. The first-order valence-corrected chi connectivity index (χ1v) is 9.15. The van der Waals surface area contributed by atoms with Crippen LogP contribution in [0.15, 0.2) is 0 Å². The van der Waals surface area contributed by atoms with Crippen LogP contribution in [0.4, 0.5) is 20.5 Å². The highest BCUT2D eigenvalue weighted by Crippen LogP contribution is 2.56. The van der Waals surface area contributed by atoms with Gasteiger partial charge in [0.25, 0.3) is 5.92 Å². The summed E-state index contributed by atoms with van der Waals surface area (Å²) in [6.07, 6.45) is 1.45. The zero-order valence-corrected chi connectivity index (χ0v) is 14.5. The van der Waals surface area contributed by atoms with Crippen molar-refractivity contribution in [2.45, 2.75) is 45.1 Å². The summed E-state index contributed by atoms with van der Waals surface area (Å²) < 4.78 is 28.0. The van der Waals surface area contributed by atoms with Crippen molar-refractivity contribution in [2.24, 2.45) is 17.8 Å². The minimum Gasteiger partial charge on any atom is -0.356 e. The molecule has 0 radical (unpaired) electrons. The molecule has 1 aromatic rings. The van der Waals surface area contributed by atoms with E-state index in [4.69, 9.17) is 0 Å². The summed E-state index contributed by atoms with van der Waals surface area (Å²) in [5, 5.41) is 0. The van der Waals surface area contributed by atoms with Crippen molar-refractivity contribution in [3.05, 3.63) is 11.3 Å². The highest BCUT2D eigenvalue weighted by atomic mass is 19.3. The maximum atomic E-state index is 14.0. The van der Waals surface area contributed by atoms with Crippen LogP contribution >= 0.6 is 0 Å². The Balaban J connectivity index is 1.42. The van der Waals surface area contributed by atoms with Gasteiger partial charge in [-0.15, -0.1) is 0 Å². The van der Waals surface area contributed by atoms with Crippen molar-refractivity contribution in [2.75, 3.05) is 29.4 Å². The van der Waals surface area contributed by atoms with Gasteiger partial charge in [-0.25, -0.2) is 4.98 Å². The molecule has 134 valence electrons. The lowest BCUT2D eigenvalue weighted by Crippen LogP contribution is -2.48. The SMILES string of the molecule is CC(=O)CC1[C@H]2CN(c3nc(N4CCC4C)nc4c3CC4(F)F)C[C@@H]12. The molecular weight excluding hydrogens is 326 g/mol. The van der Waals surface area contributed by atoms with Gasteiger partial charge in [0.15, 0.2) is 0 Å². The molecule has 3 heterocycles. The molecule has 25 heavy (non-hydrogen) atoms. The number of aromatic nitrogens is 2. The van der Waals surface area contributed by atoms with E-state index < -0.39 is 5.92 Å². The van der Waals surface area contributed by atoms with E-state index in [1.54, 1.807) is 6.92 Å². The van der Waals surface area contributed by atoms with Crippen LogP contribution in [0.3, 0.4) is 0 Å². The quantitative estimate of drug-likeness (QED) is 0.836. The van der Waals surface area contributed by atoms with Gasteiger partial charge in [-0.05, 0) is 38.0 Å². The van der Waals surface area contributed by atoms with E-state index in [1.807, 2.05) is 4.90 Å². The second-order valence-corrected chi connectivity index (χ2v) is 8.19. The number of carbonyl (C=O) groups excluding carboxylic acids is 1. The fraction of sp³-hybridized carbons (Fsp3) is 0.722. The van der Waals surface area contributed by atoms with Gasteiger partial charge in [0, 0.05) is 44.1 Å². The summed E-state index contributed by atoms with van der Waals surface area (Å²) in [6, 6.07) is 0.312. The van der Waals surface area contributed by atoms with E-state index in [-0.39, 0.29) is 17.9 Å². The molecule has 5 rings (SSSR count). The topological polar surface area (TPSA) is 49.3 Å². The van der Waals surface area contributed by atoms with Crippen LogP contribution in [0, 0.1) is 17.8 Å². The fourth-order valence-electron chi connectivity index (χ4n) is 4.79. The Bertz CT molecular complexity index is 756. The van der Waals surface area contributed by atoms with Gasteiger partial charge in [-0.2, -0.15) is 13.8 Å². The Labute approximate surface area is 145 Å². The monoisotopic (exact) mass is 348 g/mol. The first-order chi connectivity index (χ1) is 11.8. The molecule has 0 N–H and O–H groups in total. The van der Waals surface area contributed by atoms with Crippen molar-refractivity contribution < 1.29 is 13.6 Å². The number of anilines is 2. The summed E-state index contributed by atoms with van der Waals surface area (Å²) in [7, 11) is 0. The zero-order valence-electron chi connectivity index (χ0n) is 14.5. The Hall–Kier alpha value is -1.79. The van der Waals surface area contributed by atoms with Crippen molar-refractivity contribution >= 4 is 17.5 Å². The van der Waals surface area contributed by atoms with Crippen molar-refractivity contribution in [1.29, 1.82) is 0 Å². The van der Waals surface area contributed by atoms with Gasteiger partial charge in [-0.1, -0.05) is 0 Å². The maximum absolute atomic E-state index is 14.0. The van der Waals surface area contributed by atoms with Crippen LogP contribution in [0.25, 0.3) is 0 Å². The van der Waals surface area contributed by atoms with E-state index in [9.17, 15) is 13.6 Å². The Kier molecular flexibility index (Phi) is 3.02. The smallest absolute Gasteiger partial charge is 0.294 e. The van der Waals surface area contributed by atoms with Crippen molar-refractivity contribution in [3.63, 3.8) is 0 Å². The van der Waals surface area contributed by atoms with E-state index in [2.05, 4.69) is 21.8 Å². The number of ketones is 1. The van der Waals surface area contributed by atoms with Crippen LogP contribution in [0.1, 0.15) is 37.9 Å². The molecule has 0 bridgehead atoms. The van der Waals surface area contributed by atoms with Crippen molar-refractivity contribution in [1.82, 2.24) is 9.97 Å². The van der Waals surface area contributed by atoms with Crippen LogP contribution in [0.2, 0.25) is 0 Å². The van der Waals surface area contributed by atoms with Crippen LogP contribution < -0.4 is 9.80 Å². The maximum Gasteiger partial charge on any atom is 0.294 e. The number of alkyl halides is 2. The van der Waals surface area contributed by atoms with Crippen LogP contribution in [-0.4, -0.2) is 41.4 Å². The lowest BCUT2D eigenvalue weighted by atomic mass is 9.89. The summed E-state index contributed by atoms with van der Waals surface area (Å²) in [5.41, 5.74) is 0.541. The van der Waals surface area contributed by atoms with Crippen molar-refractivity contribution in [3.8, 4) is 0 Å². The Morgan fingerprint density at radius 1 is 1.28 bits per heavy atom. The lowest BCUT2D eigenvalue weighted by molar-refractivity contribution is -0.117. The average Bonchev–Trinajstić information content (AvgIpc) is 2.95. The third kappa shape index (κ3) is 2.20. The first-order valence-electron chi connectivity index (χ1n) is 9.15. The molecule has 1 aromatic heterocycles. The number of piperidine rings is 1. The predicted molar refractivity (Wildman–Crippen MR) is 89.0 cm³/mol. The molecule has 3 fully saturated rings. The number of Topliss-reactive ketones (excluding diaryl/α,β-unsaturated/α-hetero) is 1. The lowest BCUT2D eigenvalue weighted by Gasteiger charge is -2.41. The predicted octanol–water partition coefficient (Wildman–Crippen LogP) is 2.38. The number of hydrogen-bond acceptors (Lipinski definition) is 5. The van der Waals surface area contributed by atoms with Crippen LogP contribution in [0.5, 0.6) is 0 Å². The number of hydrogen-bond donors (Lipinski definition) is 0. The zero-order chi connectivity index (χ0) is 17.5. The fourth-order valence-corrected chi connectivity index (χ4v) is 4.79. The molecule has 2 aliphatic heterocycles. The molecule has 4 aliphatic rings.